The molecular formula is C12H10ClN3OS. The molecule has 2 rings (SSSR count). The molecule has 1 aromatic heterocycles. The normalized spacial score (nSPS) is 10.1. The Morgan fingerprint density at radius 1 is 1.33 bits per heavy atom. The van der Waals surface area contributed by atoms with Crippen molar-refractivity contribution in [1.82, 2.24) is 9.97 Å². The van der Waals surface area contributed by atoms with Gasteiger partial charge in [0.25, 0.3) is 5.91 Å². The van der Waals surface area contributed by atoms with E-state index in [1.54, 1.807) is 12.1 Å². The zero-order chi connectivity index (χ0) is 13.0. The summed E-state index contributed by atoms with van der Waals surface area (Å²) < 4.78 is 0. The summed E-state index contributed by atoms with van der Waals surface area (Å²) in [7, 11) is 0. The first-order valence-corrected chi connectivity index (χ1v) is 6.74. The number of thioether (sulfide) groups is 1. The van der Waals surface area contributed by atoms with E-state index in [0.717, 1.165) is 4.90 Å². The quantitative estimate of drug-likeness (QED) is 0.693. The first-order chi connectivity index (χ1) is 8.70. The minimum Gasteiger partial charge on any atom is -0.306 e. The Bertz CT molecular complexity index is 577. The van der Waals surface area contributed by atoms with Gasteiger partial charge in [-0.1, -0.05) is 12.1 Å². The molecular weight excluding hydrogens is 270 g/mol. The molecule has 0 saturated heterocycles. The Morgan fingerprint density at radius 2 is 2.11 bits per heavy atom. The van der Waals surface area contributed by atoms with Crippen molar-refractivity contribution < 1.29 is 4.79 Å². The molecule has 0 unspecified atom stereocenters. The topological polar surface area (TPSA) is 54.9 Å². The van der Waals surface area contributed by atoms with Crippen molar-refractivity contribution >= 4 is 35.1 Å². The van der Waals surface area contributed by atoms with Gasteiger partial charge < -0.3 is 5.32 Å². The van der Waals surface area contributed by atoms with Crippen molar-refractivity contribution in [3.8, 4) is 0 Å². The van der Waals surface area contributed by atoms with Gasteiger partial charge in [0.1, 0.15) is 5.82 Å². The Hall–Kier alpha value is -1.59. The van der Waals surface area contributed by atoms with Crippen LogP contribution in [0.3, 0.4) is 0 Å². The summed E-state index contributed by atoms with van der Waals surface area (Å²) in [6.07, 6.45) is 3.42. The van der Waals surface area contributed by atoms with Gasteiger partial charge in [0, 0.05) is 11.1 Å². The SMILES string of the molecule is CSc1ccccc1C(=O)Nc1ccnc(Cl)n1. The molecule has 0 aliphatic heterocycles. The molecule has 0 bridgehead atoms. The summed E-state index contributed by atoms with van der Waals surface area (Å²) in [4.78, 5) is 20.7. The monoisotopic (exact) mass is 279 g/mol. The maximum atomic E-state index is 12.1. The first kappa shape index (κ1) is 12.9. The van der Waals surface area contributed by atoms with Gasteiger partial charge in [-0.3, -0.25) is 4.79 Å². The van der Waals surface area contributed by atoms with Gasteiger partial charge in [0.2, 0.25) is 5.28 Å². The van der Waals surface area contributed by atoms with Crippen molar-refractivity contribution in [3.05, 3.63) is 47.4 Å². The highest BCUT2D eigenvalue weighted by Gasteiger charge is 2.11. The van der Waals surface area contributed by atoms with Gasteiger partial charge in [0.15, 0.2) is 0 Å². The number of nitrogens with one attached hydrogen (secondary N) is 1. The van der Waals surface area contributed by atoms with Gasteiger partial charge in [-0.25, -0.2) is 9.97 Å². The van der Waals surface area contributed by atoms with Crippen LogP contribution in [-0.2, 0) is 0 Å². The van der Waals surface area contributed by atoms with Crippen LogP contribution in [0.4, 0.5) is 5.82 Å². The van der Waals surface area contributed by atoms with Gasteiger partial charge >= 0.3 is 0 Å². The molecule has 1 N–H and O–H groups in total. The van der Waals surface area contributed by atoms with Gasteiger partial charge in [-0.05, 0) is 36.1 Å². The zero-order valence-electron chi connectivity index (χ0n) is 9.55. The molecule has 0 aliphatic carbocycles. The highest BCUT2D eigenvalue weighted by molar-refractivity contribution is 7.98. The third kappa shape index (κ3) is 3.00. The fraction of sp³-hybridized carbons (Fsp3) is 0.0833. The molecule has 0 spiro atoms. The molecule has 0 atom stereocenters. The molecule has 18 heavy (non-hydrogen) atoms. The lowest BCUT2D eigenvalue weighted by Crippen LogP contribution is -2.14. The molecule has 0 radical (unpaired) electrons. The van der Waals surface area contributed by atoms with E-state index in [1.165, 1.54) is 18.0 Å². The summed E-state index contributed by atoms with van der Waals surface area (Å²) >= 11 is 7.17. The van der Waals surface area contributed by atoms with E-state index in [2.05, 4.69) is 15.3 Å². The maximum Gasteiger partial charge on any atom is 0.257 e. The van der Waals surface area contributed by atoms with Crippen molar-refractivity contribution in [3.63, 3.8) is 0 Å². The van der Waals surface area contributed by atoms with Crippen molar-refractivity contribution in [2.24, 2.45) is 0 Å². The highest BCUT2D eigenvalue weighted by Crippen LogP contribution is 2.20. The van der Waals surface area contributed by atoms with Crippen molar-refractivity contribution in [1.29, 1.82) is 0 Å². The van der Waals surface area contributed by atoms with E-state index in [4.69, 9.17) is 11.6 Å². The molecule has 0 fully saturated rings. The Labute approximate surface area is 114 Å². The van der Waals surface area contributed by atoms with E-state index in [0.29, 0.717) is 11.4 Å². The molecule has 2 aromatic rings. The number of carbonyl (C=O) groups excluding carboxylic acids is 1. The fourth-order valence-electron chi connectivity index (χ4n) is 1.42. The summed E-state index contributed by atoms with van der Waals surface area (Å²) in [6, 6.07) is 8.97. The van der Waals surface area contributed by atoms with Crippen LogP contribution in [0.15, 0.2) is 41.4 Å². The predicted molar refractivity (Wildman–Crippen MR) is 73.2 cm³/mol. The number of carbonyl (C=O) groups is 1. The molecule has 4 nitrogen and oxygen atoms in total. The minimum atomic E-state index is -0.213. The van der Waals surface area contributed by atoms with Crippen LogP contribution in [0.2, 0.25) is 5.28 Å². The van der Waals surface area contributed by atoms with Gasteiger partial charge in [-0.15, -0.1) is 11.8 Å². The standard InChI is InChI=1S/C12H10ClN3OS/c1-18-9-5-3-2-4-8(9)11(17)15-10-6-7-14-12(13)16-10/h2-7H,1H3,(H,14,15,16,17). The van der Waals surface area contributed by atoms with Crippen molar-refractivity contribution in [2.45, 2.75) is 4.90 Å². The number of aromatic nitrogens is 2. The first-order valence-electron chi connectivity index (χ1n) is 5.13. The number of amides is 1. The Morgan fingerprint density at radius 3 is 2.83 bits per heavy atom. The second-order valence-electron chi connectivity index (χ2n) is 3.37. The second-order valence-corrected chi connectivity index (χ2v) is 4.55. The van der Waals surface area contributed by atoms with E-state index < -0.39 is 0 Å². The van der Waals surface area contributed by atoms with Crippen LogP contribution < -0.4 is 5.32 Å². The number of anilines is 1. The third-order valence-corrected chi connectivity index (χ3v) is 3.20. The fourth-order valence-corrected chi connectivity index (χ4v) is 2.16. The average molecular weight is 280 g/mol. The third-order valence-electron chi connectivity index (χ3n) is 2.22. The number of halogens is 1. The largest absolute Gasteiger partial charge is 0.306 e. The zero-order valence-corrected chi connectivity index (χ0v) is 11.1. The van der Waals surface area contributed by atoms with Crippen LogP contribution in [0.1, 0.15) is 10.4 Å². The Kier molecular flexibility index (Phi) is 4.17. The van der Waals surface area contributed by atoms with Gasteiger partial charge in [-0.2, -0.15) is 0 Å². The lowest BCUT2D eigenvalue weighted by molar-refractivity contribution is 0.102. The molecule has 1 amide bonds. The van der Waals surface area contributed by atoms with E-state index in [-0.39, 0.29) is 11.2 Å². The number of benzene rings is 1. The van der Waals surface area contributed by atoms with Crippen LogP contribution >= 0.6 is 23.4 Å². The lowest BCUT2D eigenvalue weighted by Gasteiger charge is -2.07. The number of hydrogen-bond acceptors (Lipinski definition) is 4. The summed E-state index contributed by atoms with van der Waals surface area (Å²) in [5.74, 6) is 0.172. The highest BCUT2D eigenvalue weighted by atomic mass is 35.5. The smallest absolute Gasteiger partial charge is 0.257 e. The lowest BCUT2D eigenvalue weighted by atomic mass is 10.2. The number of rotatable bonds is 3. The average Bonchev–Trinajstić information content (AvgIpc) is 2.38. The second kappa shape index (κ2) is 5.84. The van der Waals surface area contributed by atoms with Gasteiger partial charge in [0.05, 0.1) is 5.56 Å². The van der Waals surface area contributed by atoms with E-state index in [9.17, 15) is 4.79 Å². The van der Waals surface area contributed by atoms with Crippen LogP contribution in [-0.4, -0.2) is 22.1 Å². The molecule has 1 aromatic carbocycles. The molecule has 92 valence electrons. The number of nitrogens with zero attached hydrogens (tertiary/aromatic N) is 2. The molecule has 0 saturated carbocycles. The van der Waals surface area contributed by atoms with Crippen LogP contribution in [0, 0.1) is 0 Å². The van der Waals surface area contributed by atoms with Crippen LogP contribution in [0.25, 0.3) is 0 Å². The summed E-state index contributed by atoms with van der Waals surface area (Å²) in [5.41, 5.74) is 0.611. The Balaban J connectivity index is 2.22. The van der Waals surface area contributed by atoms with Crippen molar-refractivity contribution in [2.75, 3.05) is 11.6 Å². The number of hydrogen-bond donors (Lipinski definition) is 1. The molecule has 1 heterocycles. The predicted octanol–water partition coefficient (Wildman–Crippen LogP) is 3.10. The summed E-state index contributed by atoms with van der Waals surface area (Å²) in [5, 5.41) is 2.79. The maximum absolute atomic E-state index is 12.1. The van der Waals surface area contributed by atoms with E-state index in [1.807, 2.05) is 24.5 Å². The summed E-state index contributed by atoms with van der Waals surface area (Å²) in [6.45, 7) is 0. The molecule has 0 aliphatic rings. The van der Waals surface area contributed by atoms with E-state index >= 15 is 0 Å². The molecule has 6 heteroatoms. The van der Waals surface area contributed by atoms with Crippen LogP contribution in [0.5, 0.6) is 0 Å². The minimum absolute atomic E-state index is 0.103.